The number of aromatic carboxylic acids is 1. The van der Waals surface area contributed by atoms with Crippen molar-refractivity contribution in [1.82, 2.24) is 4.31 Å². The average molecular weight is 261 g/mol. The molecule has 0 aliphatic carbocycles. The van der Waals surface area contributed by atoms with Crippen LogP contribution in [-0.4, -0.2) is 37.9 Å². The number of carboxylic acids is 1. The lowest BCUT2D eigenvalue weighted by atomic mass is 10.1. The molecular weight excluding hydrogens is 249 g/mol. The zero-order valence-corrected chi connectivity index (χ0v) is 10.4. The van der Waals surface area contributed by atoms with Crippen LogP contribution in [0.4, 0.5) is 4.39 Å². The van der Waals surface area contributed by atoms with Crippen molar-refractivity contribution >= 4 is 16.0 Å². The van der Waals surface area contributed by atoms with Crippen molar-refractivity contribution in [3.8, 4) is 0 Å². The summed E-state index contributed by atoms with van der Waals surface area (Å²) in [6.45, 7) is 1.29. The summed E-state index contributed by atoms with van der Waals surface area (Å²) in [6.07, 6.45) is 0. The molecule has 7 heteroatoms. The van der Waals surface area contributed by atoms with Crippen LogP contribution in [0.25, 0.3) is 0 Å². The van der Waals surface area contributed by atoms with Crippen LogP contribution < -0.4 is 0 Å². The fourth-order valence-electron chi connectivity index (χ4n) is 1.24. The smallest absolute Gasteiger partial charge is 0.335 e. The minimum atomic E-state index is -3.86. The van der Waals surface area contributed by atoms with Crippen LogP contribution in [0.15, 0.2) is 17.0 Å². The second kappa shape index (κ2) is 4.42. The molecule has 0 saturated heterocycles. The van der Waals surface area contributed by atoms with Crippen molar-refractivity contribution in [2.75, 3.05) is 14.1 Å². The van der Waals surface area contributed by atoms with Crippen LogP contribution in [0, 0.1) is 12.7 Å². The zero-order chi connectivity index (χ0) is 13.4. The van der Waals surface area contributed by atoms with E-state index in [4.69, 9.17) is 5.11 Å². The molecule has 0 saturated carbocycles. The number of hydrogen-bond acceptors (Lipinski definition) is 3. The summed E-state index contributed by atoms with van der Waals surface area (Å²) in [5, 5.41) is 8.75. The quantitative estimate of drug-likeness (QED) is 0.883. The van der Waals surface area contributed by atoms with Crippen LogP contribution in [0.5, 0.6) is 0 Å². The van der Waals surface area contributed by atoms with Gasteiger partial charge in [-0.3, -0.25) is 0 Å². The zero-order valence-electron chi connectivity index (χ0n) is 9.56. The van der Waals surface area contributed by atoms with E-state index >= 15 is 0 Å². The molecule has 0 amide bonds. The number of benzene rings is 1. The monoisotopic (exact) mass is 261 g/mol. The fourth-order valence-corrected chi connectivity index (χ4v) is 2.40. The third-order valence-electron chi connectivity index (χ3n) is 2.30. The highest BCUT2D eigenvalue weighted by atomic mass is 32.2. The van der Waals surface area contributed by atoms with E-state index in [-0.39, 0.29) is 10.5 Å². The molecule has 0 aromatic heterocycles. The molecule has 17 heavy (non-hydrogen) atoms. The Hall–Kier alpha value is -1.47. The Balaban J connectivity index is 3.60. The maximum absolute atomic E-state index is 13.4. The van der Waals surface area contributed by atoms with Crippen molar-refractivity contribution in [2.24, 2.45) is 0 Å². The minimum absolute atomic E-state index is 0.0938. The molecule has 0 radical (unpaired) electrons. The van der Waals surface area contributed by atoms with Gasteiger partial charge in [-0.2, -0.15) is 0 Å². The first kappa shape index (κ1) is 13.6. The first-order chi connectivity index (χ1) is 7.67. The predicted molar refractivity (Wildman–Crippen MR) is 59.0 cm³/mol. The van der Waals surface area contributed by atoms with E-state index < -0.39 is 27.4 Å². The van der Waals surface area contributed by atoms with Crippen LogP contribution in [0.3, 0.4) is 0 Å². The van der Waals surface area contributed by atoms with Gasteiger partial charge in [0.2, 0.25) is 10.0 Å². The van der Waals surface area contributed by atoms with Gasteiger partial charge in [0, 0.05) is 19.7 Å². The summed E-state index contributed by atoms with van der Waals surface area (Å²) in [6, 6.07) is 1.75. The largest absolute Gasteiger partial charge is 0.478 e. The van der Waals surface area contributed by atoms with Gasteiger partial charge in [0.25, 0.3) is 0 Å². The number of hydrogen-bond donors (Lipinski definition) is 1. The predicted octanol–water partition coefficient (Wildman–Crippen LogP) is 1.08. The highest BCUT2D eigenvalue weighted by Gasteiger charge is 2.23. The lowest BCUT2D eigenvalue weighted by Gasteiger charge is -2.14. The molecule has 1 rings (SSSR count). The van der Waals surface area contributed by atoms with E-state index in [1.807, 2.05) is 0 Å². The number of carbonyl (C=O) groups is 1. The first-order valence-corrected chi connectivity index (χ1v) is 6.08. The van der Waals surface area contributed by atoms with Crippen LogP contribution in [0.2, 0.25) is 0 Å². The summed E-state index contributed by atoms with van der Waals surface area (Å²) in [4.78, 5) is 10.4. The number of rotatable bonds is 3. The minimum Gasteiger partial charge on any atom is -0.478 e. The van der Waals surface area contributed by atoms with Gasteiger partial charge >= 0.3 is 5.97 Å². The molecule has 0 atom stereocenters. The highest BCUT2D eigenvalue weighted by Crippen LogP contribution is 2.22. The van der Waals surface area contributed by atoms with Gasteiger partial charge < -0.3 is 5.11 Å². The normalized spacial score (nSPS) is 11.8. The molecule has 0 bridgehead atoms. The van der Waals surface area contributed by atoms with Crippen molar-refractivity contribution in [2.45, 2.75) is 11.8 Å². The standard InChI is InChI=1S/C10H12FNO4S/c1-6-8(11)4-7(10(13)14)5-9(6)17(15,16)12(2)3/h4-5H,1-3H3,(H,13,14). The number of halogens is 1. The van der Waals surface area contributed by atoms with Gasteiger partial charge in [-0.15, -0.1) is 0 Å². The topological polar surface area (TPSA) is 74.7 Å². The van der Waals surface area contributed by atoms with Crippen molar-refractivity contribution in [3.63, 3.8) is 0 Å². The Bertz CT molecular complexity index is 566. The maximum atomic E-state index is 13.4. The molecule has 94 valence electrons. The summed E-state index contributed by atoms with van der Waals surface area (Å²) < 4.78 is 38.0. The molecule has 1 aromatic carbocycles. The molecule has 0 spiro atoms. The SMILES string of the molecule is Cc1c(F)cc(C(=O)O)cc1S(=O)(=O)N(C)C. The first-order valence-electron chi connectivity index (χ1n) is 4.64. The Morgan fingerprint density at radius 2 is 1.88 bits per heavy atom. The van der Waals surface area contributed by atoms with Crippen LogP contribution in [-0.2, 0) is 10.0 Å². The number of nitrogens with zero attached hydrogens (tertiary/aromatic N) is 1. The van der Waals surface area contributed by atoms with Crippen molar-refractivity contribution in [1.29, 1.82) is 0 Å². The molecule has 0 heterocycles. The molecule has 0 aliphatic heterocycles. The van der Waals surface area contributed by atoms with Crippen LogP contribution >= 0.6 is 0 Å². The van der Waals surface area contributed by atoms with Crippen molar-refractivity contribution in [3.05, 3.63) is 29.1 Å². The van der Waals surface area contributed by atoms with E-state index in [1.54, 1.807) is 0 Å². The van der Waals surface area contributed by atoms with Gasteiger partial charge in [0.1, 0.15) is 5.82 Å². The van der Waals surface area contributed by atoms with Gasteiger partial charge in [0.05, 0.1) is 10.5 Å². The van der Waals surface area contributed by atoms with Crippen molar-refractivity contribution < 1.29 is 22.7 Å². The van der Waals surface area contributed by atoms with Crippen LogP contribution in [0.1, 0.15) is 15.9 Å². The molecule has 0 fully saturated rings. The molecule has 5 nitrogen and oxygen atoms in total. The summed E-state index contributed by atoms with van der Waals surface area (Å²) in [5.74, 6) is -2.23. The van der Waals surface area contributed by atoms with E-state index in [1.165, 1.54) is 21.0 Å². The van der Waals surface area contributed by atoms with Gasteiger partial charge in [-0.05, 0) is 19.1 Å². The van der Waals surface area contributed by atoms with Gasteiger partial charge in [0.15, 0.2) is 0 Å². The molecule has 0 unspecified atom stereocenters. The lowest BCUT2D eigenvalue weighted by molar-refractivity contribution is 0.0696. The highest BCUT2D eigenvalue weighted by molar-refractivity contribution is 7.89. The second-order valence-electron chi connectivity index (χ2n) is 3.67. The van der Waals surface area contributed by atoms with E-state index in [0.29, 0.717) is 0 Å². The average Bonchev–Trinajstić information content (AvgIpc) is 2.20. The summed E-state index contributed by atoms with van der Waals surface area (Å²) >= 11 is 0. The Morgan fingerprint density at radius 1 is 1.35 bits per heavy atom. The lowest BCUT2D eigenvalue weighted by Crippen LogP contribution is -2.23. The van der Waals surface area contributed by atoms with Gasteiger partial charge in [-0.25, -0.2) is 21.9 Å². The maximum Gasteiger partial charge on any atom is 0.335 e. The molecule has 0 aliphatic rings. The fraction of sp³-hybridized carbons (Fsp3) is 0.300. The van der Waals surface area contributed by atoms with E-state index in [9.17, 15) is 17.6 Å². The molecule has 1 aromatic rings. The Morgan fingerprint density at radius 3 is 2.29 bits per heavy atom. The Labute approximate surface area is 98.5 Å². The third kappa shape index (κ3) is 2.45. The molecular formula is C10H12FNO4S. The van der Waals surface area contributed by atoms with Gasteiger partial charge in [-0.1, -0.05) is 0 Å². The Kier molecular flexibility index (Phi) is 3.53. The summed E-state index contributed by atoms with van der Waals surface area (Å²) in [5.41, 5.74) is -0.489. The van der Waals surface area contributed by atoms with E-state index in [2.05, 4.69) is 0 Å². The number of carboxylic acid groups (broad SMARTS) is 1. The van der Waals surface area contributed by atoms with E-state index in [0.717, 1.165) is 16.4 Å². The molecule has 1 N–H and O–H groups in total. The third-order valence-corrected chi connectivity index (χ3v) is 4.24. The number of sulfonamides is 1. The summed E-state index contributed by atoms with van der Waals surface area (Å²) in [7, 11) is -1.27. The second-order valence-corrected chi connectivity index (χ2v) is 5.79.